The minimum Gasteiger partial charge on any atom is -0.218 e. The summed E-state index contributed by atoms with van der Waals surface area (Å²) in [4.78, 5) is -1.75. The largest absolute Gasteiger partial charge is 0.218 e. The number of hydrogen-bond acceptors (Lipinski definition) is 2. The van der Waals surface area contributed by atoms with Gasteiger partial charge in [-0.25, -0.2) is 26.0 Å². The maximum Gasteiger partial charge on any atom is 0.212 e. The topological polar surface area (TPSA) is 34.1 Å². The summed E-state index contributed by atoms with van der Waals surface area (Å²) in [5, 5.41) is 0. The monoisotopic (exact) mass is 290 g/mol. The van der Waals surface area contributed by atoms with Crippen molar-refractivity contribution in [1.82, 2.24) is 0 Å². The van der Waals surface area contributed by atoms with Crippen molar-refractivity contribution >= 4 is 9.84 Å². The highest BCUT2D eigenvalue weighted by Gasteiger charge is 2.25. The molecule has 0 spiro atoms. The number of sulfone groups is 1. The maximum absolute atomic E-state index is 13.4. The van der Waals surface area contributed by atoms with Crippen LogP contribution in [0.15, 0.2) is 46.2 Å². The maximum atomic E-state index is 13.4. The van der Waals surface area contributed by atoms with Gasteiger partial charge in [-0.1, -0.05) is 0 Å². The van der Waals surface area contributed by atoms with E-state index in [1.165, 1.54) is 0 Å². The Balaban J connectivity index is 2.65. The standard InChI is InChI=1S/C12H6F4O2S/c13-7-1-3-11(9(15)5-7)19(17,18)12-4-2-8(14)6-10(12)16/h1-6H. The number of rotatable bonds is 2. The zero-order valence-electron chi connectivity index (χ0n) is 9.20. The van der Waals surface area contributed by atoms with Crippen LogP contribution in [0.5, 0.6) is 0 Å². The molecule has 0 atom stereocenters. The predicted molar refractivity (Wildman–Crippen MR) is 58.2 cm³/mol. The predicted octanol–water partition coefficient (Wildman–Crippen LogP) is 3.08. The third kappa shape index (κ3) is 2.46. The van der Waals surface area contributed by atoms with Crippen LogP contribution in [-0.2, 0) is 9.84 Å². The lowest BCUT2D eigenvalue weighted by atomic mass is 10.3. The van der Waals surface area contributed by atoms with Gasteiger partial charge in [0.2, 0.25) is 9.84 Å². The summed E-state index contributed by atoms with van der Waals surface area (Å²) in [6.07, 6.45) is 0. The van der Waals surface area contributed by atoms with Gasteiger partial charge in [0.15, 0.2) is 0 Å². The van der Waals surface area contributed by atoms with Gasteiger partial charge in [-0.15, -0.1) is 0 Å². The van der Waals surface area contributed by atoms with E-state index in [1.54, 1.807) is 0 Å². The van der Waals surface area contributed by atoms with Gasteiger partial charge in [0.05, 0.1) is 0 Å². The lowest BCUT2D eigenvalue weighted by Crippen LogP contribution is -2.07. The molecule has 0 bridgehead atoms. The van der Waals surface area contributed by atoms with Gasteiger partial charge >= 0.3 is 0 Å². The third-order valence-electron chi connectivity index (χ3n) is 2.37. The molecule has 0 heterocycles. The molecule has 2 nitrogen and oxygen atoms in total. The van der Waals surface area contributed by atoms with Crippen molar-refractivity contribution in [3.63, 3.8) is 0 Å². The van der Waals surface area contributed by atoms with Gasteiger partial charge in [-0.2, -0.15) is 0 Å². The number of hydrogen-bond donors (Lipinski definition) is 0. The Hall–Kier alpha value is -1.89. The van der Waals surface area contributed by atoms with Crippen LogP contribution in [0.4, 0.5) is 17.6 Å². The van der Waals surface area contributed by atoms with E-state index in [4.69, 9.17) is 0 Å². The second kappa shape index (κ2) is 4.65. The van der Waals surface area contributed by atoms with Crippen LogP contribution in [0.2, 0.25) is 0 Å². The van der Waals surface area contributed by atoms with E-state index in [9.17, 15) is 26.0 Å². The van der Waals surface area contributed by atoms with Gasteiger partial charge in [-0.3, -0.25) is 0 Å². The lowest BCUT2D eigenvalue weighted by Gasteiger charge is -2.07. The van der Waals surface area contributed by atoms with Crippen LogP contribution in [0, 0.1) is 23.3 Å². The molecule has 0 aliphatic rings. The van der Waals surface area contributed by atoms with E-state index in [1.807, 2.05) is 0 Å². The first-order chi connectivity index (χ1) is 8.82. The third-order valence-corrected chi connectivity index (χ3v) is 4.19. The van der Waals surface area contributed by atoms with E-state index >= 15 is 0 Å². The Kier molecular flexibility index (Phi) is 3.32. The molecular weight excluding hydrogens is 284 g/mol. The second-order valence-electron chi connectivity index (χ2n) is 3.65. The van der Waals surface area contributed by atoms with Gasteiger partial charge < -0.3 is 0 Å². The molecule has 0 unspecified atom stereocenters. The number of benzene rings is 2. The molecule has 2 aromatic carbocycles. The van der Waals surface area contributed by atoms with Crippen LogP contribution in [-0.4, -0.2) is 8.42 Å². The van der Waals surface area contributed by atoms with E-state index in [0.29, 0.717) is 24.3 Å². The Morgan fingerprint density at radius 1 is 0.684 bits per heavy atom. The molecule has 0 amide bonds. The zero-order valence-corrected chi connectivity index (χ0v) is 10.0. The van der Waals surface area contributed by atoms with Crippen LogP contribution < -0.4 is 0 Å². The van der Waals surface area contributed by atoms with E-state index in [0.717, 1.165) is 12.1 Å². The molecule has 0 aliphatic heterocycles. The molecule has 0 saturated carbocycles. The molecule has 100 valence electrons. The first kappa shape index (κ1) is 13.5. The summed E-state index contributed by atoms with van der Waals surface area (Å²) in [5.41, 5.74) is 0. The minimum atomic E-state index is -4.52. The zero-order chi connectivity index (χ0) is 14.2. The van der Waals surface area contributed by atoms with Crippen molar-refractivity contribution in [2.24, 2.45) is 0 Å². The number of halogens is 4. The highest BCUT2D eigenvalue weighted by atomic mass is 32.2. The second-order valence-corrected chi connectivity index (χ2v) is 5.54. The molecule has 0 N–H and O–H groups in total. The van der Waals surface area contributed by atoms with Gasteiger partial charge in [0.25, 0.3) is 0 Å². The van der Waals surface area contributed by atoms with Gasteiger partial charge in [0.1, 0.15) is 33.1 Å². The Bertz CT molecular complexity index is 684. The molecule has 0 saturated heterocycles. The molecule has 0 aromatic heterocycles. The van der Waals surface area contributed by atoms with Crippen molar-refractivity contribution < 1.29 is 26.0 Å². The SMILES string of the molecule is O=S(=O)(c1ccc(F)cc1F)c1ccc(F)cc1F. The van der Waals surface area contributed by atoms with Crippen LogP contribution >= 0.6 is 0 Å². The van der Waals surface area contributed by atoms with E-state index in [2.05, 4.69) is 0 Å². The van der Waals surface area contributed by atoms with Gasteiger partial charge in [-0.05, 0) is 24.3 Å². The molecule has 2 rings (SSSR count). The summed E-state index contributed by atoms with van der Waals surface area (Å²) in [6, 6.07) is 3.57. The first-order valence-electron chi connectivity index (χ1n) is 4.97. The van der Waals surface area contributed by atoms with Crippen LogP contribution in [0.3, 0.4) is 0 Å². The fourth-order valence-corrected chi connectivity index (χ4v) is 2.87. The van der Waals surface area contributed by atoms with Crippen LogP contribution in [0.25, 0.3) is 0 Å². The van der Waals surface area contributed by atoms with E-state index in [-0.39, 0.29) is 0 Å². The highest BCUT2D eigenvalue weighted by Crippen LogP contribution is 2.26. The van der Waals surface area contributed by atoms with Crippen molar-refractivity contribution in [1.29, 1.82) is 0 Å². The summed E-state index contributed by atoms with van der Waals surface area (Å²) < 4.78 is 76.2. The smallest absolute Gasteiger partial charge is 0.212 e. The molecule has 7 heteroatoms. The van der Waals surface area contributed by atoms with Crippen molar-refractivity contribution in [3.8, 4) is 0 Å². The summed E-state index contributed by atoms with van der Waals surface area (Å²) in [5.74, 6) is -4.61. The molecule has 0 aliphatic carbocycles. The summed E-state index contributed by atoms with van der Waals surface area (Å²) >= 11 is 0. The fourth-order valence-electron chi connectivity index (χ4n) is 1.50. The van der Waals surface area contributed by atoms with Crippen molar-refractivity contribution in [2.45, 2.75) is 9.79 Å². The fraction of sp³-hybridized carbons (Fsp3) is 0. The van der Waals surface area contributed by atoms with Crippen molar-refractivity contribution in [2.75, 3.05) is 0 Å². The average Bonchev–Trinajstić information content (AvgIpc) is 2.27. The Labute approximate surface area is 106 Å². The van der Waals surface area contributed by atoms with Crippen molar-refractivity contribution in [3.05, 3.63) is 59.7 Å². The molecule has 0 radical (unpaired) electrons. The molecule has 19 heavy (non-hydrogen) atoms. The summed E-state index contributed by atoms with van der Waals surface area (Å²) in [6.45, 7) is 0. The quantitative estimate of drug-likeness (QED) is 0.629. The Morgan fingerprint density at radius 3 is 1.37 bits per heavy atom. The molecular formula is C12H6F4O2S. The molecule has 0 fully saturated rings. The average molecular weight is 290 g/mol. The molecule has 2 aromatic rings. The first-order valence-corrected chi connectivity index (χ1v) is 6.46. The minimum absolute atomic E-state index is 0.369. The van der Waals surface area contributed by atoms with E-state index < -0.39 is 42.9 Å². The highest BCUT2D eigenvalue weighted by molar-refractivity contribution is 7.91. The Morgan fingerprint density at radius 2 is 1.05 bits per heavy atom. The van der Waals surface area contributed by atoms with Gasteiger partial charge in [0, 0.05) is 12.1 Å². The summed E-state index contributed by atoms with van der Waals surface area (Å²) in [7, 11) is -4.52. The lowest BCUT2D eigenvalue weighted by molar-refractivity contribution is 0.536. The van der Waals surface area contributed by atoms with Crippen LogP contribution in [0.1, 0.15) is 0 Å². The normalized spacial score (nSPS) is 11.6.